The van der Waals surface area contributed by atoms with Gasteiger partial charge in [-0.1, -0.05) is 45.6 Å². The van der Waals surface area contributed by atoms with Gasteiger partial charge in [0.1, 0.15) is 17.1 Å². The van der Waals surface area contributed by atoms with E-state index in [1.165, 1.54) is 18.2 Å². The molecule has 13 heteroatoms. The van der Waals surface area contributed by atoms with Crippen molar-refractivity contribution in [3.8, 4) is 17.2 Å². The van der Waals surface area contributed by atoms with E-state index in [-0.39, 0.29) is 28.5 Å². The number of aromatic hydroxyl groups is 1. The number of carbonyl (C=O) groups excluding carboxylic acids is 1. The van der Waals surface area contributed by atoms with Crippen LogP contribution in [0.5, 0.6) is 17.2 Å². The highest BCUT2D eigenvalue weighted by Crippen LogP contribution is 3.04. The van der Waals surface area contributed by atoms with Gasteiger partial charge >= 0.3 is 12.1 Å². The fourth-order valence-corrected chi connectivity index (χ4v) is 45.1. The Balaban J connectivity index is 1.42. The Morgan fingerprint density at radius 2 is 1.39 bits per heavy atom. The molecule has 0 amide bonds. The van der Waals surface area contributed by atoms with Crippen molar-refractivity contribution in [1.82, 2.24) is 0 Å². The summed E-state index contributed by atoms with van der Waals surface area (Å²) in [6, 6.07) is 17.6. The topological polar surface area (TPSA) is 119 Å². The summed E-state index contributed by atoms with van der Waals surface area (Å²) in [6.07, 6.45) is -1.09. The monoisotopic (exact) mass is 555 g/mol. The first-order chi connectivity index (χ1) is 15.6. The number of nitrogens with two attached hydrogens (primary N) is 1. The summed E-state index contributed by atoms with van der Waals surface area (Å²) >= 11 is 15.0. The largest absolute Gasteiger partial charge is 0.519 e. The average molecular weight is 556 g/mol. The van der Waals surface area contributed by atoms with Crippen LogP contribution in [0.1, 0.15) is 10.4 Å². The molecule has 33 heavy (non-hydrogen) atoms. The zero-order valence-electron chi connectivity index (χ0n) is 16.5. The SMILES string of the molecule is Nc1ccc(C(=O)O)c(OC(=O)Oc2ccc(P3(=S)SP(=S)(c4ccc(O)cc4)S3)cc2)c1. The lowest BCUT2D eigenvalue weighted by Gasteiger charge is -2.40. The van der Waals surface area contributed by atoms with E-state index in [2.05, 4.69) is 0 Å². The zero-order valence-corrected chi connectivity index (χ0v) is 21.5. The molecule has 0 radical (unpaired) electrons. The molecule has 1 heterocycles. The molecule has 1 aliphatic heterocycles. The van der Waals surface area contributed by atoms with E-state index in [1.807, 2.05) is 12.1 Å². The van der Waals surface area contributed by atoms with Crippen molar-refractivity contribution in [2.24, 2.45) is 0 Å². The van der Waals surface area contributed by atoms with Crippen LogP contribution >= 0.6 is 30.9 Å². The molecule has 3 aromatic carbocycles. The summed E-state index contributed by atoms with van der Waals surface area (Å²) in [4.78, 5) is 23.4. The van der Waals surface area contributed by atoms with Gasteiger partial charge in [-0.3, -0.25) is 0 Å². The van der Waals surface area contributed by atoms with Crippen LogP contribution in [-0.4, -0.2) is 22.3 Å². The number of hydrogen-bond acceptors (Lipinski definition) is 10. The number of nitrogen functional groups attached to an aromatic ring is 1. The maximum absolute atomic E-state index is 12.2. The molecule has 0 atom stereocenters. The van der Waals surface area contributed by atoms with Gasteiger partial charge in [0.25, 0.3) is 0 Å². The third-order valence-corrected chi connectivity index (χ3v) is 35.6. The number of anilines is 1. The van der Waals surface area contributed by atoms with Gasteiger partial charge in [-0.2, -0.15) is 0 Å². The maximum Gasteiger partial charge on any atom is 0.519 e. The molecular weight excluding hydrogens is 540 g/mol. The van der Waals surface area contributed by atoms with Crippen molar-refractivity contribution < 1.29 is 29.3 Å². The number of rotatable bonds is 5. The minimum Gasteiger partial charge on any atom is -0.508 e. The van der Waals surface area contributed by atoms with Crippen molar-refractivity contribution in [3.63, 3.8) is 0 Å². The molecule has 4 rings (SSSR count). The highest BCUT2D eigenvalue weighted by Gasteiger charge is 2.45. The summed E-state index contributed by atoms with van der Waals surface area (Å²) < 4.78 is 6.32. The first-order valence-corrected chi connectivity index (χ1v) is 18.8. The Bertz CT molecular complexity index is 1330. The van der Waals surface area contributed by atoms with Crippen LogP contribution in [0, 0.1) is 0 Å². The molecule has 0 aliphatic carbocycles. The van der Waals surface area contributed by atoms with E-state index >= 15 is 0 Å². The molecule has 4 N–H and O–H groups in total. The number of aromatic carboxylic acids is 1. The smallest absolute Gasteiger partial charge is 0.508 e. The predicted octanol–water partition coefficient (Wildman–Crippen LogP) is 5.30. The molecule has 3 aromatic rings. The fourth-order valence-electron chi connectivity index (χ4n) is 2.82. The van der Waals surface area contributed by atoms with E-state index in [1.54, 1.807) is 58.4 Å². The highest BCUT2D eigenvalue weighted by atomic mass is 33.7. The van der Waals surface area contributed by atoms with Crippen LogP contribution in [0.4, 0.5) is 10.5 Å². The lowest BCUT2D eigenvalue weighted by molar-refractivity contribution is 0.0693. The summed E-state index contributed by atoms with van der Waals surface area (Å²) in [7, 11) is 0. The van der Waals surface area contributed by atoms with Crippen molar-refractivity contribution in [1.29, 1.82) is 0 Å². The number of ether oxygens (including phenoxy) is 2. The lowest BCUT2D eigenvalue weighted by atomic mass is 10.2. The second-order valence-corrected chi connectivity index (χ2v) is 28.0. The van der Waals surface area contributed by atoms with Gasteiger partial charge < -0.3 is 25.4 Å². The van der Waals surface area contributed by atoms with E-state index in [0.717, 1.165) is 10.6 Å². The summed E-state index contributed by atoms with van der Waals surface area (Å²) in [5.41, 5.74) is 5.68. The molecule has 0 saturated carbocycles. The van der Waals surface area contributed by atoms with Crippen molar-refractivity contribution in [2.75, 3.05) is 5.73 Å². The van der Waals surface area contributed by atoms with E-state index in [9.17, 15) is 19.8 Å². The van der Waals surface area contributed by atoms with Crippen LogP contribution in [0.3, 0.4) is 0 Å². The Labute approximate surface area is 206 Å². The lowest BCUT2D eigenvalue weighted by Crippen LogP contribution is -2.16. The van der Waals surface area contributed by atoms with E-state index in [4.69, 9.17) is 38.8 Å². The zero-order chi connectivity index (χ0) is 23.8. The number of carboxylic acid groups (broad SMARTS) is 1. The molecule has 170 valence electrons. The molecule has 1 saturated heterocycles. The average Bonchev–Trinajstić information content (AvgIpc) is 2.73. The number of benzene rings is 3. The quantitative estimate of drug-likeness (QED) is 0.165. The second-order valence-electron chi connectivity index (χ2n) is 6.68. The Morgan fingerprint density at radius 3 is 1.94 bits per heavy atom. The minimum absolute atomic E-state index is 0.194. The normalized spacial score (nSPS) is 21.6. The molecule has 1 aliphatic rings. The minimum atomic E-state index is -1.98. The van der Waals surface area contributed by atoms with Gasteiger partial charge in [0.2, 0.25) is 0 Å². The van der Waals surface area contributed by atoms with Gasteiger partial charge in [0.05, 0.1) is 8.88 Å². The summed E-state index contributed by atoms with van der Waals surface area (Å²) in [5.74, 6) is -1.05. The van der Waals surface area contributed by atoms with Crippen molar-refractivity contribution in [2.45, 2.75) is 0 Å². The molecule has 0 bridgehead atoms. The van der Waals surface area contributed by atoms with Crippen LogP contribution < -0.4 is 25.8 Å². The number of hydrogen-bond donors (Lipinski definition) is 3. The van der Waals surface area contributed by atoms with Crippen LogP contribution in [0.2, 0.25) is 0 Å². The molecular formula is C20H15NO6P2S4. The molecule has 0 unspecified atom stereocenters. The second kappa shape index (κ2) is 9.33. The standard InChI is InChI=1S/C20H15NO6P2S4/c21-12-1-10-17(19(23)24)18(11-12)27-20(25)26-14-4-8-16(9-5-14)29(31)32-28(30,33-29)15-6-2-13(22)3-7-15/h1-11,22H,21H2,(H,23,24). The Kier molecular flexibility index (Phi) is 6.82. The predicted molar refractivity (Wildman–Crippen MR) is 142 cm³/mol. The van der Waals surface area contributed by atoms with Crippen molar-refractivity contribution >= 4 is 82.9 Å². The van der Waals surface area contributed by atoms with Crippen LogP contribution in [-0.2, 0) is 23.6 Å². The van der Waals surface area contributed by atoms with Crippen LogP contribution in [0.15, 0.2) is 66.7 Å². The molecule has 0 aromatic heterocycles. The first kappa shape index (κ1) is 24.1. The van der Waals surface area contributed by atoms with Crippen LogP contribution in [0.25, 0.3) is 0 Å². The van der Waals surface area contributed by atoms with Crippen molar-refractivity contribution in [3.05, 3.63) is 72.3 Å². The van der Waals surface area contributed by atoms with E-state index in [0.29, 0.717) is 0 Å². The number of phenolic OH excluding ortho intramolecular Hbond substituents is 1. The van der Waals surface area contributed by atoms with Gasteiger partial charge in [0.15, 0.2) is 5.75 Å². The Hall–Kier alpha value is -2.00. The first-order valence-electron chi connectivity index (χ1n) is 9.13. The molecule has 1 fully saturated rings. The van der Waals surface area contributed by atoms with Gasteiger partial charge in [0, 0.05) is 22.4 Å². The maximum atomic E-state index is 12.2. The number of phenols is 1. The van der Waals surface area contributed by atoms with Gasteiger partial charge in [-0.05, 0) is 60.7 Å². The third-order valence-electron chi connectivity index (χ3n) is 4.38. The highest BCUT2D eigenvalue weighted by molar-refractivity contribution is 9.48. The number of carbonyl (C=O) groups is 2. The Morgan fingerprint density at radius 1 is 0.848 bits per heavy atom. The van der Waals surface area contributed by atoms with Gasteiger partial charge in [-0.25, -0.2) is 9.59 Å². The molecule has 7 nitrogen and oxygen atoms in total. The van der Waals surface area contributed by atoms with Gasteiger partial charge in [-0.15, -0.1) is 0 Å². The summed E-state index contributed by atoms with van der Waals surface area (Å²) in [5, 5.41) is 20.7. The number of carboxylic acids is 1. The fraction of sp³-hybridized carbons (Fsp3) is 0. The van der Waals surface area contributed by atoms with E-state index < -0.39 is 21.0 Å². The summed E-state index contributed by atoms with van der Waals surface area (Å²) in [6.45, 7) is 0. The third kappa shape index (κ3) is 5.24. The molecule has 0 spiro atoms.